The van der Waals surface area contributed by atoms with Crippen LogP contribution in [0, 0.1) is 0 Å². The van der Waals surface area contributed by atoms with Gasteiger partial charge < -0.3 is 10.5 Å². The molecule has 160 valence electrons. The Hall–Kier alpha value is -2.52. The average molecular weight is 457 g/mol. The second-order valence-corrected chi connectivity index (χ2v) is 9.89. The molecular formula is C22H21ClN4O3S. The monoisotopic (exact) mass is 456 g/mol. The molecule has 0 radical (unpaired) electrons. The van der Waals surface area contributed by atoms with Crippen molar-refractivity contribution < 1.29 is 13.2 Å². The van der Waals surface area contributed by atoms with Crippen LogP contribution in [0.2, 0.25) is 5.02 Å². The van der Waals surface area contributed by atoms with E-state index in [0.29, 0.717) is 44.8 Å². The van der Waals surface area contributed by atoms with E-state index >= 15 is 0 Å². The molecule has 0 bridgehead atoms. The molecule has 1 saturated heterocycles. The molecule has 1 aromatic heterocycles. The Balaban J connectivity index is 1.72. The Morgan fingerprint density at radius 3 is 2.52 bits per heavy atom. The number of sulfonamides is 1. The molecular weight excluding hydrogens is 436 g/mol. The van der Waals surface area contributed by atoms with E-state index in [1.54, 1.807) is 12.1 Å². The number of hydrogen-bond donors (Lipinski definition) is 1. The van der Waals surface area contributed by atoms with Crippen molar-refractivity contribution in [3.63, 3.8) is 0 Å². The van der Waals surface area contributed by atoms with Gasteiger partial charge in [0.25, 0.3) is 0 Å². The van der Waals surface area contributed by atoms with Gasteiger partial charge in [-0.1, -0.05) is 41.9 Å². The molecule has 2 aliphatic rings. The van der Waals surface area contributed by atoms with Crippen LogP contribution in [0.5, 0.6) is 0 Å². The van der Waals surface area contributed by atoms with Gasteiger partial charge in [0.15, 0.2) is 0 Å². The molecule has 2 heterocycles. The van der Waals surface area contributed by atoms with Gasteiger partial charge in [0.1, 0.15) is 4.90 Å². The molecule has 0 atom stereocenters. The molecule has 0 spiro atoms. The largest absolute Gasteiger partial charge is 0.379 e. The molecule has 9 heteroatoms. The number of aromatic nitrogens is 2. The number of benzene rings is 2. The van der Waals surface area contributed by atoms with E-state index in [-0.39, 0.29) is 15.9 Å². The lowest BCUT2D eigenvalue weighted by molar-refractivity contribution is 0.0730. The van der Waals surface area contributed by atoms with Gasteiger partial charge in [0.05, 0.1) is 29.6 Å². The van der Waals surface area contributed by atoms with Crippen LogP contribution in [-0.2, 0) is 27.6 Å². The minimum Gasteiger partial charge on any atom is -0.379 e. The van der Waals surface area contributed by atoms with Crippen LogP contribution >= 0.6 is 11.6 Å². The Kier molecular flexibility index (Phi) is 5.18. The van der Waals surface area contributed by atoms with Gasteiger partial charge in [-0.25, -0.2) is 18.4 Å². The molecule has 0 saturated carbocycles. The zero-order valence-electron chi connectivity index (χ0n) is 16.7. The number of aryl methyl sites for hydroxylation is 2. The maximum atomic E-state index is 13.3. The maximum Gasteiger partial charge on any atom is 0.244 e. The number of halogens is 1. The topological polar surface area (TPSA) is 98.4 Å². The first-order valence-electron chi connectivity index (χ1n) is 10.1. The lowest BCUT2D eigenvalue weighted by atomic mass is 9.86. The predicted molar refractivity (Wildman–Crippen MR) is 119 cm³/mol. The summed E-state index contributed by atoms with van der Waals surface area (Å²) >= 11 is 6.49. The molecule has 1 aliphatic heterocycles. The van der Waals surface area contributed by atoms with Crippen LogP contribution in [0.3, 0.4) is 0 Å². The van der Waals surface area contributed by atoms with Crippen LogP contribution in [0.15, 0.2) is 47.4 Å². The average Bonchev–Trinajstić information content (AvgIpc) is 2.79. The summed E-state index contributed by atoms with van der Waals surface area (Å²) in [4.78, 5) is 9.07. The highest BCUT2D eigenvalue weighted by Crippen LogP contribution is 2.42. The van der Waals surface area contributed by atoms with Crippen LogP contribution in [0.25, 0.3) is 22.4 Å². The lowest BCUT2D eigenvalue weighted by Crippen LogP contribution is -2.40. The number of nitrogens with zero attached hydrogens (tertiary/aromatic N) is 3. The molecule has 2 aromatic carbocycles. The van der Waals surface area contributed by atoms with Crippen molar-refractivity contribution in [3.8, 4) is 22.4 Å². The van der Waals surface area contributed by atoms with Crippen LogP contribution < -0.4 is 5.73 Å². The molecule has 0 amide bonds. The molecule has 0 unspecified atom stereocenters. The first kappa shape index (κ1) is 20.4. The molecule has 5 rings (SSSR count). The van der Waals surface area contributed by atoms with Crippen molar-refractivity contribution in [2.24, 2.45) is 0 Å². The van der Waals surface area contributed by atoms with Gasteiger partial charge in [-0.2, -0.15) is 4.31 Å². The van der Waals surface area contributed by atoms with E-state index in [1.807, 2.05) is 30.3 Å². The van der Waals surface area contributed by atoms with Crippen molar-refractivity contribution in [2.45, 2.75) is 17.7 Å². The number of nitrogen functional groups attached to an aromatic ring is 1. The Labute approximate surface area is 185 Å². The summed E-state index contributed by atoms with van der Waals surface area (Å²) in [6, 6.07) is 13.1. The highest BCUT2D eigenvalue weighted by Gasteiger charge is 2.31. The van der Waals surface area contributed by atoms with Crippen molar-refractivity contribution in [3.05, 3.63) is 58.7 Å². The fourth-order valence-corrected chi connectivity index (χ4v) is 6.16. The molecule has 3 aromatic rings. The van der Waals surface area contributed by atoms with Crippen LogP contribution in [0.4, 0.5) is 5.95 Å². The van der Waals surface area contributed by atoms with E-state index in [4.69, 9.17) is 22.1 Å². The van der Waals surface area contributed by atoms with Gasteiger partial charge in [0.2, 0.25) is 16.0 Å². The Morgan fingerprint density at radius 1 is 1.03 bits per heavy atom. The van der Waals surface area contributed by atoms with Crippen LogP contribution in [0.1, 0.15) is 11.3 Å². The summed E-state index contributed by atoms with van der Waals surface area (Å²) in [6.45, 7) is 1.36. The van der Waals surface area contributed by atoms with Gasteiger partial charge in [0, 0.05) is 24.2 Å². The first-order chi connectivity index (χ1) is 14.9. The summed E-state index contributed by atoms with van der Waals surface area (Å²) in [7, 11) is -3.76. The number of morpholine rings is 1. The Morgan fingerprint density at radius 2 is 1.77 bits per heavy atom. The summed E-state index contributed by atoms with van der Waals surface area (Å²) in [5.41, 5.74) is 11.0. The number of fused-ring (bicyclic) bond motifs is 3. The first-order valence-corrected chi connectivity index (χ1v) is 11.9. The minimum absolute atomic E-state index is 0.0958. The number of hydrogen-bond acceptors (Lipinski definition) is 6. The standard InChI is InChI=1S/C22H21ClN4O3S/c23-17-12-15-6-7-18-20(21(26-22(24)25-18)14-4-2-1-3-5-14)16(15)13-19(17)31(28,29)27-8-10-30-11-9-27/h1-5,12-13H,6-11H2,(H2,24,25,26). The minimum atomic E-state index is -3.76. The number of anilines is 1. The highest BCUT2D eigenvalue weighted by molar-refractivity contribution is 7.89. The second-order valence-electron chi connectivity index (χ2n) is 7.57. The third kappa shape index (κ3) is 3.59. The number of nitrogens with two attached hydrogens (primary N) is 1. The Bertz CT molecular complexity index is 1260. The van der Waals surface area contributed by atoms with Gasteiger partial charge in [-0.15, -0.1) is 0 Å². The van der Waals surface area contributed by atoms with Crippen molar-refractivity contribution in [2.75, 3.05) is 32.0 Å². The van der Waals surface area contributed by atoms with Gasteiger partial charge in [-0.05, 0) is 36.1 Å². The summed E-state index contributed by atoms with van der Waals surface area (Å²) in [6.07, 6.45) is 1.38. The number of ether oxygens (including phenoxy) is 1. The third-order valence-electron chi connectivity index (χ3n) is 5.69. The van der Waals surface area contributed by atoms with Crippen molar-refractivity contribution in [1.82, 2.24) is 14.3 Å². The molecule has 1 fully saturated rings. The quantitative estimate of drug-likeness (QED) is 0.650. The molecule has 2 N–H and O–H groups in total. The summed E-state index contributed by atoms with van der Waals surface area (Å²) in [5.74, 6) is 0.205. The fraction of sp³-hybridized carbons (Fsp3) is 0.273. The second kappa shape index (κ2) is 7.87. The van der Waals surface area contributed by atoms with Gasteiger partial charge in [-0.3, -0.25) is 0 Å². The maximum absolute atomic E-state index is 13.3. The van der Waals surface area contributed by atoms with Gasteiger partial charge >= 0.3 is 0 Å². The van der Waals surface area contributed by atoms with E-state index in [2.05, 4.69) is 9.97 Å². The van der Waals surface area contributed by atoms with Crippen molar-refractivity contribution >= 4 is 27.6 Å². The van der Waals surface area contributed by atoms with E-state index in [0.717, 1.165) is 27.9 Å². The van der Waals surface area contributed by atoms with Crippen molar-refractivity contribution in [1.29, 1.82) is 0 Å². The highest BCUT2D eigenvalue weighted by atomic mass is 35.5. The SMILES string of the molecule is Nc1nc2c(c(-c3ccccc3)n1)-c1cc(S(=O)(=O)N3CCOCC3)c(Cl)cc1CC2. The van der Waals surface area contributed by atoms with E-state index in [1.165, 1.54) is 4.31 Å². The van der Waals surface area contributed by atoms with E-state index < -0.39 is 10.0 Å². The fourth-order valence-electron chi connectivity index (χ4n) is 4.21. The zero-order valence-corrected chi connectivity index (χ0v) is 18.3. The van der Waals surface area contributed by atoms with E-state index in [9.17, 15) is 8.42 Å². The summed E-state index contributed by atoms with van der Waals surface area (Å²) in [5, 5.41) is 0.228. The predicted octanol–water partition coefficient (Wildman–Crippen LogP) is 3.17. The summed E-state index contributed by atoms with van der Waals surface area (Å²) < 4.78 is 33.4. The third-order valence-corrected chi connectivity index (χ3v) is 8.06. The lowest BCUT2D eigenvalue weighted by Gasteiger charge is -2.28. The molecule has 1 aliphatic carbocycles. The molecule has 31 heavy (non-hydrogen) atoms. The zero-order chi connectivity index (χ0) is 21.6. The molecule has 7 nitrogen and oxygen atoms in total. The smallest absolute Gasteiger partial charge is 0.244 e. The van der Waals surface area contributed by atoms with Crippen LogP contribution in [-0.4, -0.2) is 49.0 Å². The normalized spacial score (nSPS) is 16.5. The number of rotatable bonds is 3.